The molecule has 3 N–H and O–H groups in total. The summed E-state index contributed by atoms with van der Waals surface area (Å²) in [6.45, 7) is 1.30. The molecule has 0 aliphatic carbocycles. The van der Waals surface area contributed by atoms with Gasteiger partial charge in [-0.1, -0.05) is 17.3 Å². The molecule has 1 saturated heterocycles. The number of aromatic hydroxyl groups is 1. The summed E-state index contributed by atoms with van der Waals surface area (Å²) in [5.41, 5.74) is -0.442. The number of β-amino-alcohol motifs (C(OH)–C–C–N with tert-alkyl or cyclic N) is 1. The van der Waals surface area contributed by atoms with Crippen molar-refractivity contribution >= 4 is 0 Å². The van der Waals surface area contributed by atoms with E-state index in [1.54, 1.807) is 24.3 Å². The average Bonchev–Trinajstić information content (AvgIpc) is 2.90. The van der Waals surface area contributed by atoms with Gasteiger partial charge in [0.1, 0.15) is 5.75 Å². The van der Waals surface area contributed by atoms with Crippen molar-refractivity contribution < 1.29 is 14.7 Å². The Balaban J connectivity index is 1.91. The van der Waals surface area contributed by atoms with Crippen LogP contribution in [0.1, 0.15) is 18.7 Å². The number of piperidine rings is 1. The molecule has 0 bridgehead atoms. The predicted octanol–water partition coefficient (Wildman–Crippen LogP) is 1.01. The van der Waals surface area contributed by atoms with Gasteiger partial charge >= 0.3 is 0 Å². The van der Waals surface area contributed by atoms with E-state index in [1.165, 1.54) is 0 Å². The van der Waals surface area contributed by atoms with Crippen LogP contribution in [-0.4, -0.2) is 33.4 Å². The second-order valence-corrected chi connectivity index (χ2v) is 4.79. The number of hydrogen-bond donors (Lipinski definition) is 3. The molecular weight excluding hydrogens is 246 g/mol. The van der Waals surface area contributed by atoms with Crippen LogP contribution in [-0.2, 0) is 5.60 Å². The van der Waals surface area contributed by atoms with Gasteiger partial charge in [0.15, 0.2) is 5.60 Å². The van der Waals surface area contributed by atoms with Gasteiger partial charge < -0.3 is 20.1 Å². The zero-order valence-electron chi connectivity index (χ0n) is 10.3. The lowest BCUT2D eigenvalue weighted by Crippen LogP contribution is -2.43. The van der Waals surface area contributed by atoms with Crippen LogP contribution in [0.3, 0.4) is 0 Å². The molecule has 19 heavy (non-hydrogen) atoms. The van der Waals surface area contributed by atoms with Crippen molar-refractivity contribution in [2.45, 2.75) is 18.4 Å². The lowest BCUT2D eigenvalue weighted by atomic mass is 9.94. The van der Waals surface area contributed by atoms with E-state index >= 15 is 0 Å². The normalized spacial score (nSPS) is 23.4. The van der Waals surface area contributed by atoms with Gasteiger partial charge in [-0.2, -0.15) is 4.98 Å². The van der Waals surface area contributed by atoms with Crippen molar-refractivity contribution in [3.63, 3.8) is 0 Å². The largest absolute Gasteiger partial charge is 0.508 e. The molecule has 1 aliphatic heterocycles. The highest BCUT2D eigenvalue weighted by Crippen LogP contribution is 2.29. The highest BCUT2D eigenvalue weighted by molar-refractivity contribution is 5.56. The molecule has 0 amide bonds. The maximum absolute atomic E-state index is 10.4. The van der Waals surface area contributed by atoms with Gasteiger partial charge in [-0.3, -0.25) is 0 Å². The van der Waals surface area contributed by atoms with E-state index in [4.69, 9.17) is 4.52 Å². The molecule has 0 spiro atoms. The van der Waals surface area contributed by atoms with E-state index in [1.807, 2.05) is 0 Å². The molecule has 1 aromatic heterocycles. The fraction of sp³-hybridized carbons (Fsp3) is 0.385. The standard InChI is InChI=1S/C13H15N3O3/c17-10-4-1-3-9(7-10)11-15-12(19-16-11)13(18)5-2-6-14-8-13/h1,3-4,7,14,17-18H,2,5-6,8H2. The van der Waals surface area contributed by atoms with Crippen molar-refractivity contribution in [2.75, 3.05) is 13.1 Å². The Morgan fingerprint density at radius 2 is 2.26 bits per heavy atom. The van der Waals surface area contributed by atoms with E-state index in [-0.39, 0.29) is 11.6 Å². The quantitative estimate of drug-likeness (QED) is 0.747. The SMILES string of the molecule is Oc1cccc(-c2noc(C3(O)CCCNC3)n2)c1. The molecule has 3 rings (SSSR count). The van der Waals surface area contributed by atoms with Crippen LogP contribution in [0.4, 0.5) is 0 Å². The van der Waals surface area contributed by atoms with Crippen molar-refractivity contribution in [3.05, 3.63) is 30.2 Å². The van der Waals surface area contributed by atoms with Gasteiger partial charge in [0, 0.05) is 12.1 Å². The second kappa shape index (κ2) is 4.64. The number of benzene rings is 1. The number of hydrogen-bond acceptors (Lipinski definition) is 6. The Labute approximate surface area is 110 Å². The molecule has 2 aromatic rings. The third-order valence-corrected chi connectivity index (χ3v) is 3.29. The summed E-state index contributed by atoms with van der Waals surface area (Å²) in [5.74, 6) is 0.727. The maximum atomic E-state index is 10.4. The van der Waals surface area contributed by atoms with E-state index in [0.29, 0.717) is 24.4 Å². The topological polar surface area (TPSA) is 91.4 Å². The minimum absolute atomic E-state index is 0.141. The van der Waals surface area contributed by atoms with Crippen molar-refractivity contribution in [1.29, 1.82) is 0 Å². The molecule has 100 valence electrons. The molecule has 0 radical (unpaired) electrons. The summed E-state index contributed by atoms with van der Waals surface area (Å²) in [5, 5.41) is 26.9. The summed E-state index contributed by atoms with van der Waals surface area (Å²) in [4.78, 5) is 4.24. The van der Waals surface area contributed by atoms with E-state index in [9.17, 15) is 10.2 Å². The van der Waals surface area contributed by atoms with Crippen LogP contribution in [0.5, 0.6) is 5.75 Å². The average molecular weight is 261 g/mol. The van der Waals surface area contributed by atoms with Crippen molar-refractivity contribution in [3.8, 4) is 17.1 Å². The Kier molecular flexibility index (Phi) is 2.96. The number of aliphatic hydroxyl groups is 1. The highest BCUT2D eigenvalue weighted by atomic mass is 16.5. The van der Waals surface area contributed by atoms with E-state index in [0.717, 1.165) is 13.0 Å². The molecule has 2 heterocycles. The molecule has 1 aliphatic rings. The monoisotopic (exact) mass is 261 g/mol. The van der Waals surface area contributed by atoms with Gasteiger partial charge in [0.2, 0.25) is 5.82 Å². The first-order valence-corrected chi connectivity index (χ1v) is 6.24. The van der Waals surface area contributed by atoms with Gasteiger partial charge in [-0.15, -0.1) is 0 Å². The Morgan fingerprint density at radius 1 is 1.37 bits per heavy atom. The molecule has 0 saturated carbocycles. The van der Waals surface area contributed by atoms with E-state index in [2.05, 4.69) is 15.5 Å². The third-order valence-electron chi connectivity index (χ3n) is 3.29. The van der Waals surface area contributed by atoms with Gasteiger partial charge in [-0.05, 0) is 31.5 Å². The first-order valence-electron chi connectivity index (χ1n) is 6.24. The first-order chi connectivity index (χ1) is 9.17. The van der Waals surface area contributed by atoms with Crippen molar-refractivity contribution in [1.82, 2.24) is 15.5 Å². The Morgan fingerprint density at radius 3 is 3.00 bits per heavy atom. The van der Waals surface area contributed by atoms with Crippen LogP contribution in [0, 0.1) is 0 Å². The summed E-state index contributed by atoms with van der Waals surface area (Å²) >= 11 is 0. The molecule has 6 nitrogen and oxygen atoms in total. The predicted molar refractivity (Wildman–Crippen MR) is 67.4 cm³/mol. The zero-order valence-corrected chi connectivity index (χ0v) is 10.3. The number of nitrogens with zero attached hydrogens (tertiary/aromatic N) is 2. The minimum Gasteiger partial charge on any atom is -0.508 e. The smallest absolute Gasteiger partial charge is 0.260 e. The molecule has 1 unspecified atom stereocenters. The number of nitrogens with one attached hydrogen (secondary N) is 1. The lowest BCUT2D eigenvalue weighted by molar-refractivity contribution is -0.0167. The van der Waals surface area contributed by atoms with Crippen molar-refractivity contribution in [2.24, 2.45) is 0 Å². The lowest BCUT2D eigenvalue weighted by Gasteiger charge is -2.28. The minimum atomic E-state index is -1.10. The van der Waals surface area contributed by atoms with Crippen LogP contribution in [0.25, 0.3) is 11.4 Å². The molecule has 1 atom stereocenters. The Hall–Kier alpha value is -1.92. The number of aromatic nitrogens is 2. The van der Waals surface area contributed by atoms with E-state index < -0.39 is 5.60 Å². The number of phenolic OH excluding ortho intramolecular Hbond substituents is 1. The van der Waals surface area contributed by atoms with Crippen LogP contribution >= 0.6 is 0 Å². The highest BCUT2D eigenvalue weighted by Gasteiger charge is 2.37. The third kappa shape index (κ3) is 2.32. The summed E-state index contributed by atoms with van der Waals surface area (Å²) in [6, 6.07) is 6.61. The second-order valence-electron chi connectivity index (χ2n) is 4.79. The number of rotatable bonds is 2. The summed E-state index contributed by atoms with van der Waals surface area (Å²) < 4.78 is 5.17. The number of phenols is 1. The molecular formula is C13H15N3O3. The Bertz CT molecular complexity index is 576. The maximum Gasteiger partial charge on any atom is 0.260 e. The van der Waals surface area contributed by atoms with Gasteiger partial charge in [0.05, 0.1) is 0 Å². The van der Waals surface area contributed by atoms with Gasteiger partial charge in [0.25, 0.3) is 5.89 Å². The summed E-state index contributed by atoms with van der Waals surface area (Å²) in [7, 11) is 0. The molecule has 1 fully saturated rings. The molecule has 6 heteroatoms. The van der Waals surface area contributed by atoms with Crippen LogP contribution in [0.15, 0.2) is 28.8 Å². The van der Waals surface area contributed by atoms with Crippen LogP contribution in [0.2, 0.25) is 0 Å². The van der Waals surface area contributed by atoms with Crippen LogP contribution < -0.4 is 5.32 Å². The fourth-order valence-corrected chi connectivity index (χ4v) is 2.25. The zero-order chi connectivity index (χ0) is 13.3. The van der Waals surface area contributed by atoms with Gasteiger partial charge in [-0.25, -0.2) is 0 Å². The fourth-order valence-electron chi connectivity index (χ4n) is 2.25. The molecule has 1 aromatic carbocycles. The first kappa shape index (κ1) is 12.1. The summed E-state index contributed by atoms with van der Waals surface area (Å²) in [6.07, 6.45) is 1.46.